The average molecular weight is 376 g/mol. The smallest absolute Gasteiger partial charge is 0.314 e. The summed E-state index contributed by atoms with van der Waals surface area (Å²) in [5, 5.41) is 12.0. The third-order valence-electron chi connectivity index (χ3n) is 4.17. The quantitative estimate of drug-likeness (QED) is 0.625. The zero-order chi connectivity index (χ0) is 18.9. The van der Waals surface area contributed by atoms with Crippen LogP contribution in [0.3, 0.4) is 0 Å². The van der Waals surface area contributed by atoms with E-state index in [1.54, 1.807) is 30.6 Å². The van der Waals surface area contributed by atoms with Crippen molar-refractivity contribution in [1.82, 2.24) is 5.32 Å². The molecule has 1 amide bonds. The van der Waals surface area contributed by atoms with Crippen LogP contribution in [-0.4, -0.2) is 5.91 Å². The zero-order valence-electron chi connectivity index (χ0n) is 13.2. The highest BCUT2D eigenvalue weighted by atomic mass is 32.1. The van der Waals surface area contributed by atoms with Gasteiger partial charge in [0.1, 0.15) is 0 Å². The first-order chi connectivity index (χ1) is 12.3. The van der Waals surface area contributed by atoms with Crippen LogP contribution in [0.15, 0.2) is 65.5 Å². The number of thiol groups is 1. The van der Waals surface area contributed by atoms with Crippen molar-refractivity contribution < 1.29 is 22.5 Å². The first-order valence-corrected chi connectivity index (χ1v) is 8.05. The second-order valence-corrected chi connectivity index (χ2v) is 6.14. The molecule has 1 aliphatic rings. The van der Waals surface area contributed by atoms with E-state index in [9.17, 15) is 23.2 Å². The average Bonchev–Trinajstić information content (AvgIpc) is 2.61. The van der Waals surface area contributed by atoms with E-state index in [0.29, 0.717) is 0 Å². The van der Waals surface area contributed by atoms with Gasteiger partial charge in [-0.2, -0.15) is 23.0 Å². The van der Waals surface area contributed by atoms with Gasteiger partial charge in [0, 0.05) is 12.1 Å². The van der Waals surface area contributed by atoms with E-state index >= 15 is 0 Å². The molecule has 0 unspecified atom stereocenters. The molecule has 2 heterocycles. The SMILES string of the molecule is N#CC1=C(S)NC(=O)[C@@H]([n+]2ccccc2)[C@@H]1c1ccccc1C(F)(F)F. The van der Waals surface area contributed by atoms with E-state index in [1.807, 2.05) is 6.07 Å². The van der Waals surface area contributed by atoms with Crippen LogP contribution in [0.25, 0.3) is 0 Å². The Kier molecular flexibility index (Phi) is 4.74. The van der Waals surface area contributed by atoms with Gasteiger partial charge in [-0.25, -0.2) is 0 Å². The minimum atomic E-state index is -4.62. The monoisotopic (exact) mass is 376 g/mol. The number of nitriles is 1. The number of benzene rings is 1. The Morgan fingerprint density at radius 2 is 1.77 bits per heavy atom. The van der Waals surface area contributed by atoms with Crippen molar-refractivity contribution in [3.8, 4) is 6.07 Å². The predicted molar refractivity (Wildman–Crippen MR) is 89.6 cm³/mol. The van der Waals surface area contributed by atoms with E-state index in [-0.39, 0.29) is 16.2 Å². The molecule has 0 spiro atoms. The molecule has 2 aromatic rings. The van der Waals surface area contributed by atoms with Crippen molar-refractivity contribution in [1.29, 1.82) is 5.26 Å². The van der Waals surface area contributed by atoms with Crippen molar-refractivity contribution in [2.75, 3.05) is 0 Å². The number of rotatable bonds is 2. The molecule has 2 atom stereocenters. The third-order valence-corrected chi connectivity index (χ3v) is 4.53. The molecule has 1 aromatic carbocycles. The number of nitrogens with one attached hydrogen (secondary N) is 1. The van der Waals surface area contributed by atoms with E-state index in [4.69, 9.17) is 0 Å². The number of pyridine rings is 1. The summed E-state index contributed by atoms with van der Waals surface area (Å²) >= 11 is 4.10. The van der Waals surface area contributed by atoms with Crippen LogP contribution in [0.4, 0.5) is 13.2 Å². The molecular formula is C18H13F3N3OS+. The molecule has 0 saturated carbocycles. The van der Waals surface area contributed by atoms with Gasteiger partial charge in [-0.1, -0.05) is 24.3 Å². The maximum absolute atomic E-state index is 13.5. The molecule has 1 N–H and O–H groups in total. The van der Waals surface area contributed by atoms with Gasteiger partial charge >= 0.3 is 6.18 Å². The fraction of sp³-hybridized carbons (Fsp3) is 0.167. The summed E-state index contributed by atoms with van der Waals surface area (Å²) < 4.78 is 42.1. The zero-order valence-corrected chi connectivity index (χ0v) is 14.1. The highest BCUT2D eigenvalue weighted by Gasteiger charge is 2.47. The Morgan fingerprint density at radius 3 is 2.38 bits per heavy atom. The Bertz CT molecular complexity index is 919. The van der Waals surface area contributed by atoms with E-state index < -0.39 is 29.6 Å². The summed E-state index contributed by atoms with van der Waals surface area (Å²) in [5.41, 5.74) is -1.04. The number of aromatic nitrogens is 1. The lowest BCUT2D eigenvalue weighted by atomic mass is 9.80. The molecule has 8 heteroatoms. The Morgan fingerprint density at radius 1 is 1.12 bits per heavy atom. The molecular weight excluding hydrogens is 363 g/mol. The number of amides is 1. The topological polar surface area (TPSA) is 56.8 Å². The lowest BCUT2D eigenvalue weighted by molar-refractivity contribution is -0.711. The molecule has 26 heavy (non-hydrogen) atoms. The minimum Gasteiger partial charge on any atom is -0.314 e. The predicted octanol–water partition coefficient (Wildman–Crippen LogP) is 3.11. The first kappa shape index (κ1) is 18.0. The standard InChI is InChI=1S/C18H12F3N3OS/c19-18(20,21)13-7-3-2-6-11(13)14-12(10-22)17(26)23-16(25)15(14)24-8-4-1-5-9-24/h1-9,14-15H,(H-,23,25,26)/p+1/t14-,15+/m1/s1. The van der Waals surface area contributed by atoms with Gasteiger partial charge in [0.15, 0.2) is 12.4 Å². The number of nitrogens with zero attached hydrogens (tertiary/aromatic N) is 2. The van der Waals surface area contributed by atoms with Crippen molar-refractivity contribution in [2.24, 2.45) is 0 Å². The van der Waals surface area contributed by atoms with Gasteiger partial charge in [0.2, 0.25) is 6.04 Å². The van der Waals surface area contributed by atoms with Gasteiger partial charge in [0.05, 0.1) is 28.2 Å². The maximum Gasteiger partial charge on any atom is 0.416 e. The highest BCUT2D eigenvalue weighted by Crippen LogP contribution is 2.43. The third kappa shape index (κ3) is 3.18. The van der Waals surface area contributed by atoms with Crippen LogP contribution in [-0.2, 0) is 11.0 Å². The molecule has 0 bridgehead atoms. The minimum absolute atomic E-state index is 0.0222. The fourth-order valence-corrected chi connectivity index (χ4v) is 3.39. The lowest BCUT2D eigenvalue weighted by Gasteiger charge is -2.29. The lowest BCUT2D eigenvalue weighted by Crippen LogP contribution is -2.53. The molecule has 4 nitrogen and oxygen atoms in total. The van der Waals surface area contributed by atoms with Gasteiger partial charge in [-0.3, -0.25) is 4.79 Å². The van der Waals surface area contributed by atoms with Crippen LogP contribution < -0.4 is 9.88 Å². The van der Waals surface area contributed by atoms with E-state index in [1.165, 1.54) is 22.8 Å². The summed E-state index contributed by atoms with van der Waals surface area (Å²) in [4.78, 5) is 12.6. The number of carbonyl (C=O) groups is 1. The summed E-state index contributed by atoms with van der Waals surface area (Å²) in [6, 6.07) is 10.9. The molecule has 1 aromatic heterocycles. The van der Waals surface area contributed by atoms with E-state index in [2.05, 4.69) is 17.9 Å². The van der Waals surface area contributed by atoms with Crippen molar-refractivity contribution in [2.45, 2.75) is 18.1 Å². The van der Waals surface area contributed by atoms with Gasteiger partial charge in [-0.15, -0.1) is 12.6 Å². The molecule has 0 radical (unpaired) electrons. The molecule has 1 aliphatic heterocycles. The van der Waals surface area contributed by atoms with E-state index in [0.717, 1.165) is 6.07 Å². The molecule has 3 rings (SSSR count). The Labute approximate surface area is 153 Å². The number of carbonyl (C=O) groups excluding carboxylic acids is 1. The van der Waals surface area contributed by atoms with Crippen LogP contribution in [0.5, 0.6) is 0 Å². The van der Waals surface area contributed by atoms with Crippen LogP contribution in [0, 0.1) is 11.3 Å². The van der Waals surface area contributed by atoms with Gasteiger partial charge in [0.25, 0.3) is 5.91 Å². The van der Waals surface area contributed by atoms with Crippen LogP contribution >= 0.6 is 12.6 Å². The summed E-state index contributed by atoms with van der Waals surface area (Å²) in [6.07, 6.45) is -1.47. The van der Waals surface area contributed by atoms with Gasteiger partial charge < -0.3 is 5.32 Å². The largest absolute Gasteiger partial charge is 0.416 e. The number of alkyl halides is 3. The number of halogens is 3. The summed E-state index contributed by atoms with van der Waals surface area (Å²) in [7, 11) is 0. The van der Waals surface area contributed by atoms with Crippen molar-refractivity contribution in [3.63, 3.8) is 0 Å². The number of allylic oxidation sites excluding steroid dienone is 1. The Hall–Kier alpha value is -2.79. The van der Waals surface area contributed by atoms with Gasteiger partial charge in [-0.05, 0) is 11.6 Å². The van der Waals surface area contributed by atoms with Crippen molar-refractivity contribution in [3.05, 3.63) is 76.6 Å². The maximum atomic E-state index is 13.5. The van der Waals surface area contributed by atoms with Crippen LogP contribution in [0.1, 0.15) is 23.1 Å². The second kappa shape index (κ2) is 6.84. The first-order valence-electron chi connectivity index (χ1n) is 7.60. The number of hydrogen-bond donors (Lipinski definition) is 2. The molecule has 0 fully saturated rings. The summed E-state index contributed by atoms with van der Waals surface area (Å²) in [6.45, 7) is 0. The molecule has 132 valence electrons. The van der Waals surface area contributed by atoms with Crippen molar-refractivity contribution >= 4 is 18.5 Å². The normalized spacial score (nSPS) is 20.5. The molecule has 0 aliphatic carbocycles. The van der Waals surface area contributed by atoms with Crippen LogP contribution in [0.2, 0.25) is 0 Å². The second-order valence-electron chi connectivity index (χ2n) is 5.69. The summed E-state index contributed by atoms with van der Waals surface area (Å²) in [5.74, 6) is -1.65. The molecule has 0 saturated heterocycles. The highest BCUT2D eigenvalue weighted by molar-refractivity contribution is 7.84. The number of hydrogen-bond acceptors (Lipinski definition) is 3. The Balaban J connectivity index is 2.28. The fourth-order valence-electron chi connectivity index (χ4n) is 3.09.